The summed E-state index contributed by atoms with van der Waals surface area (Å²) >= 11 is 5.74. The maximum Gasteiger partial charge on any atom is 0.406 e. The second-order valence-electron chi connectivity index (χ2n) is 5.16. The summed E-state index contributed by atoms with van der Waals surface area (Å²) < 4.78 is 36.9. The van der Waals surface area contributed by atoms with Gasteiger partial charge in [0.1, 0.15) is 6.54 Å². The normalized spacial score (nSPS) is 18.6. The van der Waals surface area contributed by atoms with Gasteiger partial charge in [0.25, 0.3) is 0 Å². The van der Waals surface area contributed by atoms with Crippen molar-refractivity contribution in [2.45, 2.75) is 25.1 Å². The molecule has 120 valence electrons. The zero-order chi connectivity index (χ0) is 16.3. The highest BCUT2D eigenvalue weighted by molar-refractivity contribution is 6.30. The van der Waals surface area contributed by atoms with Crippen LogP contribution >= 0.6 is 11.6 Å². The first-order valence-electron chi connectivity index (χ1n) is 6.61. The average molecular weight is 335 g/mol. The number of hydrogen-bond donors (Lipinski definition) is 1. The van der Waals surface area contributed by atoms with E-state index in [1.54, 1.807) is 24.3 Å². The second-order valence-corrected chi connectivity index (χ2v) is 5.60. The summed E-state index contributed by atoms with van der Waals surface area (Å²) in [6.45, 7) is -1.40. The minimum atomic E-state index is -4.43. The Balaban J connectivity index is 1.85. The highest BCUT2D eigenvalue weighted by atomic mass is 35.5. The summed E-state index contributed by atoms with van der Waals surface area (Å²) in [6.07, 6.45) is -4.46. The number of halogens is 4. The van der Waals surface area contributed by atoms with Gasteiger partial charge < -0.3 is 10.2 Å². The van der Waals surface area contributed by atoms with Crippen molar-refractivity contribution in [2.24, 2.45) is 0 Å². The highest BCUT2D eigenvalue weighted by Crippen LogP contribution is 2.21. The van der Waals surface area contributed by atoms with Crippen molar-refractivity contribution in [3.8, 4) is 0 Å². The van der Waals surface area contributed by atoms with Crippen molar-refractivity contribution < 1.29 is 22.8 Å². The Labute approximate surface area is 130 Å². The molecule has 0 bridgehead atoms. The molecule has 2 amide bonds. The van der Waals surface area contributed by atoms with Gasteiger partial charge in [-0.15, -0.1) is 0 Å². The molecule has 0 aromatic heterocycles. The van der Waals surface area contributed by atoms with E-state index in [-0.39, 0.29) is 25.3 Å². The minimum Gasteiger partial charge on any atom is -0.351 e. The van der Waals surface area contributed by atoms with Crippen molar-refractivity contribution in [3.63, 3.8) is 0 Å². The van der Waals surface area contributed by atoms with Crippen LogP contribution in [0.5, 0.6) is 0 Å². The van der Waals surface area contributed by atoms with Crippen LogP contribution in [-0.2, 0) is 16.0 Å². The zero-order valence-electron chi connectivity index (χ0n) is 11.5. The molecule has 1 fully saturated rings. The first kappa shape index (κ1) is 16.6. The van der Waals surface area contributed by atoms with Crippen molar-refractivity contribution in [1.29, 1.82) is 0 Å². The molecule has 1 saturated heterocycles. The number of likely N-dealkylation sites (tertiary alicyclic amines) is 1. The minimum absolute atomic E-state index is 0.0845. The van der Waals surface area contributed by atoms with Gasteiger partial charge in [-0.2, -0.15) is 13.2 Å². The Morgan fingerprint density at radius 2 is 1.95 bits per heavy atom. The Kier molecular flexibility index (Phi) is 4.95. The Morgan fingerprint density at radius 1 is 1.32 bits per heavy atom. The third-order valence-corrected chi connectivity index (χ3v) is 3.48. The van der Waals surface area contributed by atoms with Gasteiger partial charge in [-0.05, 0) is 17.7 Å². The molecular formula is C14H14ClF3N2O2. The fourth-order valence-corrected chi connectivity index (χ4v) is 2.43. The van der Waals surface area contributed by atoms with Gasteiger partial charge in [0, 0.05) is 18.0 Å². The van der Waals surface area contributed by atoms with E-state index in [4.69, 9.17) is 11.6 Å². The molecule has 4 nitrogen and oxygen atoms in total. The van der Waals surface area contributed by atoms with Crippen LogP contribution in [0.2, 0.25) is 5.02 Å². The Bertz CT molecular complexity index is 560. The van der Waals surface area contributed by atoms with E-state index in [0.29, 0.717) is 9.92 Å². The molecule has 1 N–H and O–H groups in total. The van der Waals surface area contributed by atoms with E-state index in [0.717, 1.165) is 5.56 Å². The van der Waals surface area contributed by atoms with Gasteiger partial charge in [0.15, 0.2) is 0 Å². The quantitative estimate of drug-likeness (QED) is 0.917. The number of alkyl halides is 3. The van der Waals surface area contributed by atoms with Crippen molar-refractivity contribution in [1.82, 2.24) is 10.2 Å². The molecule has 8 heteroatoms. The highest BCUT2D eigenvalue weighted by Gasteiger charge is 2.38. The lowest BCUT2D eigenvalue weighted by atomic mass is 10.1. The SMILES string of the molecule is O=C(Cc1ccc(Cl)cc1)N[C@H]1CC(=O)N(CC(F)(F)F)C1. The van der Waals surface area contributed by atoms with Gasteiger partial charge in [-0.3, -0.25) is 9.59 Å². The average Bonchev–Trinajstić information content (AvgIpc) is 2.70. The predicted molar refractivity (Wildman–Crippen MR) is 74.3 cm³/mol. The van der Waals surface area contributed by atoms with E-state index in [9.17, 15) is 22.8 Å². The number of hydrogen-bond acceptors (Lipinski definition) is 2. The Hall–Kier alpha value is -1.76. The predicted octanol–water partition coefficient (Wildman–Crippen LogP) is 2.16. The number of benzene rings is 1. The maximum atomic E-state index is 12.3. The van der Waals surface area contributed by atoms with Gasteiger partial charge in [-0.25, -0.2) is 0 Å². The number of nitrogens with one attached hydrogen (secondary N) is 1. The lowest BCUT2D eigenvalue weighted by molar-refractivity contribution is -0.157. The molecule has 1 aromatic carbocycles. The molecule has 0 unspecified atom stereocenters. The van der Waals surface area contributed by atoms with E-state index in [1.165, 1.54) is 0 Å². The molecule has 0 aliphatic carbocycles. The topological polar surface area (TPSA) is 49.4 Å². The van der Waals surface area contributed by atoms with Crippen LogP contribution in [0.25, 0.3) is 0 Å². The van der Waals surface area contributed by atoms with E-state index >= 15 is 0 Å². The smallest absolute Gasteiger partial charge is 0.351 e. The molecule has 1 atom stereocenters. The van der Waals surface area contributed by atoms with Crippen LogP contribution in [0, 0.1) is 0 Å². The zero-order valence-corrected chi connectivity index (χ0v) is 12.2. The summed E-state index contributed by atoms with van der Waals surface area (Å²) in [5.41, 5.74) is 0.735. The van der Waals surface area contributed by atoms with Crippen LogP contribution in [0.3, 0.4) is 0 Å². The lowest BCUT2D eigenvalue weighted by Crippen LogP contribution is -2.40. The van der Waals surface area contributed by atoms with Crippen LogP contribution < -0.4 is 5.32 Å². The number of rotatable bonds is 4. The summed E-state index contributed by atoms with van der Waals surface area (Å²) in [4.78, 5) is 24.1. The van der Waals surface area contributed by atoms with Gasteiger partial charge in [0.05, 0.1) is 12.5 Å². The van der Waals surface area contributed by atoms with E-state index in [2.05, 4.69) is 5.32 Å². The molecule has 0 spiro atoms. The van der Waals surface area contributed by atoms with E-state index < -0.39 is 24.7 Å². The Morgan fingerprint density at radius 3 is 2.55 bits per heavy atom. The summed E-state index contributed by atoms with van der Waals surface area (Å²) in [5, 5.41) is 3.14. The molecule has 0 saturated carbocycles. The monoisotopic (exact) mass is 334 g/mol. The number of carbonyl (C=O) groups is 2. The summed E-state index contributed by atoms with van der Waals surface area (Å²) in [6, 6.07) is 6.09. The number of nitrogens with zero attached hydrogens (tertiary/aromatic N) is 1. The largest absolute Gasteiger partial charge is 0.406 e. The summed E-state index contributed by atoms with van der Waals surface area (Å²) in [5.74, 6) is -0.942. The van der Waals surface area contributed by atoms with Crippen molar-refractivity contribution in [2.75, 3.05) is 13.1 Å². The third-order valence-electron chi connectivity index (χ3n) is 3.23. The first-order valence-corrected chi connectivity index (χ1v) is 6.99. The van der Waals surface area contributed by atoms with Crippen molar-refractivity contribution in [3.05, 3.63) is 34.9 Å². The fraction of sp³-hybridized carbons (Fsp3) is 0.429. The number of amides is 2. The van der Waals surface area contributed by atoms with Crippen molar-refractivity contribution >= 4 is 23.4 Å². The van der Waals surface area contributed by atoms with Crippen LogP contribution in [-0.4, -0.2) is 42.0 Å². The molecule has 1 heterocycles. The van der Waals surface area contributed by atoms with Gasteiger partial charge in [-0.1, -0.05) is 23.7 Å². The van der Waals surface area contributed by atoms with Crippen LogP contribution in [0.4, 0.5) is 13.2 Å². The molecule has 1 aliphatic rings. The summed E-state index contributed by atoms with van der Waals surface area (Å²) in [7, 11) is 0. The van der Waals surface area contributed by atoms with Gasteiger partial charge >= 0.3 is 6.18 Å². The standard InChI is InChI=1S/C14H14ClF3N2O2/c15-10-3-1-9(2-4-10)5-12(21)19-11-6-13(22)20(7-11)8-14(16,17)18/h1-4,11H,5-8H2,(H,19,21)/t11-/m0/s1. The fourth-order valence-electron chi connectivity index (χ4n) is 2.30. The van der Waals surface area contributed by atoms with Gasteiger partial charge in [0.2, 0.25) is 11.8 Å². The van der Waals surface area contributed by atoms with E-state index in [1.807, 2.05) is 0 Å². The molecule has 0 radical (unpaired) electrons. The molecule has 1 aromatic rings. The lowest BCUT2D eigenvalue weighted by Gasteiger charge is -2.18. The number of carbonyl (C=O) groups excluding carboxylic acids is 2. The second kappa shape index (κ2) is 6.56. The maximum absolute atomic E-state index is 12.3. The molecule has 1 aliphatic heterocycles. The molecular weight excluding hydrogens is 321 g/mol. The van der Waals surface area contributed by atoms with Crippen LogP contribution in [0.1, 0.15) is 12.0 Å². The molecule has 2 rings (SSSR count). The van der Waals surface area contributed by atoms with Crippen LogP contribution in [0.15, 0.2) is 24.3 Å². The first-order chi connectivity index (χ1) is 10.2. The third kappa shape index (κ3) is 4.91. The molecule has 22 heavy (non-hydrogen) atoms.